The number of aliphatic hydroxyl groups excluding tert-OH is 1. The molecule has 2 amide bonds. The van der Waals surface area contributed by atoms with Crippen molar-refractivity contribution in [3.63, 3.8) is 0 Å². The summed E-state index contributed by atoms with van der Waals surface area (Å²) in [5.74, 6) is 0.569. The normalized spacial score (nSPS) is 37.5. The van der Waals surface area contributed by atoms with Gasteiger partial charge in [0.05, 0.1) is 37.8 Å². The van der Waals surface area contributed by atoms with E-state index in [1.54, 1.807) is 6.92 Å². The number of amides is 2. The Morgan fingerprint density at radius 2 is 1.87 bits per heavy atom. The van der Waals surface area contributed by atoms with Gasteiger partial charge in [-0.25, -0.2) is 0 Å². The molecule has 9 atom stereocenters. The quantitative estimate of drug-likeness (QED) is 0.135. The molecule has 0 saturated carbocycles. The Labute approximate surface area is 268 Å². The zero-order valence-electron chi connectivity index (χ0n) is 27.2. The number of carbonyl (C=O) groups is 2. The van der Waals surface area contributed by atoms with E-state index in [1.165, 1.54) is 6.42 Å². The van der Waals surface area contributed by atoms with Crippen LogP contribution in [0.25, 0.3) is 0 Å². The number of β-amino-alcohol motifs (C(OH)–C–C–N with tert-alkyl or cyclic N) is 1. The van der Waals surface area contributed by atoms with Crippen LogP contribution >= 0.6 is 0 Å². The van der Waals surface area contributed by atoms with Crippen molar-refractivity contribution in [2.24, 2.45) is 5.92 Å². The maximum absolute atomic E-state index is 13.4. The molecule has 0 bridgehead atoms. The number of fused-ring (bicyclic) bond motifs is 1. The highest BCUT2D eigenvalue weighted by Gasteiger charge is 2.39. The van der Waals surface area contributed by atoms with E-state index in [9.17, 15) is 14.7 Å². The first-order chi connectivity index (χ1) is 21.8. The molecular formula is C31H57N9O5. The molecular weight excluding hydrogens is 578 g/mol. The van der Waals surface area contributed by atoms with Gasteiger partial charge in [0.15, 0.2) is 0 Å². The third-order valence-corrected chi connectivity index (χ3v) is 10.7. The molecule has 14 nitrogen and oxygen atoms in total. The second-order valence-electron chi connectivity index (χ2n) is 14.2. The average Bonchev–Trinajstić information content (AvgIpc) is 3.44. The Morgan fingerprint density at radius 1 is 1.04 bits per heavy atom. The van der Waals surface area contributed by atoms with Gasteiger partial charge in [0.25, 0.3) is 0 Å². The van der Waals surface area contributed by atoms with Gasteiger partial charge in [-0.15, -0.1) is 0 Å². The minimum absolute atomic E-state index is 0.0371. The van der Waals surface area contributed by atoms with E-state index in [4.69, 9.17) is 9.47 Å². The number of nitrogens with one attached hydrogen (secondary N) is 6. The smallest absolute Gasteiger partial charge is 0.237 e. The largest absolute Gasteiger partial charge is 0.390 e. The summed E-state index contributed by atoms with van der Waals surface area (Å²) >= 11 is 0. The maximum atomic E-state index is 13.4. The first kappa shape index (κ1) is 33.4. The summed E-state index contributed by atoms with van der Waals surface area (Å²) in [6.45, 7) is 11.0. The van der Waals surface area contributed by atoms with Gasteiger partial charge in [-0.3, -0.25) is 41.1 Å². The fourth-order valence-corrected chi connectivity index (χ4v) is 7.89. The zero-order valence-corrected chi connectivity index (χ0v) is 27.2. The summed E-state index contributed by atoms with van der Waals surface area (Å²) in [5.41, 5.74) is 0. The van der Waals surface area contributed by atoms with Crippen LogP contribution in [0, 0.1) is 5.92 Å². The van der Waals surface area contributed by atoms with Gasteiger partial charge in [-0.1, -0.05) is 6.42 Å². The van der Waals surface area contributed by atoms with Gasteiger partial charge in [-0.05, 0) is 51.5 Å². The SMILES string of the molecule is CC(=O)N1CC(NC2CC(C(=O)NCC(O)CN3CCC4NC(OCC5OCNC5C)CCC4C3)NC(N3CCCCC3)N2)C1. The van der Waals surface area contributed by atoms with Crippen LogP contribution in [-0.2, 0) is 19.1 Å². The molecule has 0 radical (unpaired) electrons. The Balaban J connectivity index is 0.922. The standard InChI is InChI=1S/C31H57N9O5/c1-20-27(45-19-33-20)18-44-29-7-6-22-14-38(11-8-25(22)35-29)17-24(42)13-32-30(43)26-12-28(34-23-15-40(16-23)21(2)41)37-31(36-26)39-9-4-3-5-10-39/h20,22-29,31,33-37,42H,3-19H2,1-2H3,(H,32,43). The second-order valence-corrected chi connectivity index (χ2v) is 14.2. The van der Waals surface area contributed by atoms with E-state index < -0.39 is 6.10 Å². The summed E-state index contributed by atoms with van der Waals surface area (Å²) in [5, 5.41) is 31.8. The van der Waals surface area contributed by atoms with E-state index in [2.05, 4.69) is 48.6 Å². The lowest BCUT2D eigenvalue weighted by Crippen LogP contribution is -2.73. The summed E-state index contributed by atoms with van der Waals surface area (Å²) in [6.07, 6.45) is 6.71. The van der Waals surface area contributed by atoms with Crippen molar-refractivity contribution in [1.29, 1.82) is 0 Å². The fourth-order valence-electron chi connectivity index (χ4n) is 7.89. The van der Waals surface area contributed by atoms with Crippen molar-refractivity contribution in [3.8, 4) is 0 Å². The molecule has 14 heteroatoms. The van der Waals surface area contributed by atoms with Crippen molar-refractivity contribution in [3.05, 3.63) is 0 Å². The van der Waals surface area contributed by atoms with Gasteiger partial charge in [0.1, 0.15) is 12.5 Å². The predicted octanol–water partition coefficient (Wildman–Crippen LogP) is -1.92. The van der Waals surface area contributed by atoms with Crippen LogP contribution in [0.4, 0.5) is 0 Å². The van der Waals surface area contributed by atoms with Crippen LogP contribution in [0.5, 0.6) is 0 Å². The molecule has 9 unspecified atom stereocenters. The number of nitrogens with zero attached hydrogens (tertiary/aromatic N) is 3. The number of aliphatic hydroxyl groups is 1. The number of hydrogen-bond acceptors (Lipinski definition) is 12. The third-order valence-electron chi connectivity index (χ3n) is 10.7. The van der Waals surface area contributed by atoms with E-state index in [0.29, 0.717) is 57.4 Å². The highest BCUT2D eigenvalue weighted by Crippen LogP contribution is 2.28. The van der Waals surface area contributed by atoms with Crippen molar-refractivity contribution in [2.45, 2.75) is 114 Å². The van der Waals surface area contributed by atoms with Crippen molar-refractivity contribution in [2.75, 3.05) is 65.7 Å². The Kier molecular flexibility index (Phi) is 11.6. The van der Waals surface area contributed by atoms with Gasteiger partial charge in [0, 0.05) is 77.3 Å². The van der Waals surface area contributed by atoms with Gasteiger partial charge in [-0.2, -0.15) is 0 Å². The number of ether oxygens (including phenoxy) is 2. The van der Waals surface area contributed by atoms with E-state index in [1.807, 2.05) is 4.90 Å². The molecule has 0 aromatic rings. The van der Waals surface area contributed by atoms with Gasteiger partial charge >= 0.3 is 0 Å². The van der Waals surface area contributed by atoms with Crippen LogP contribution in [0.3, 0.4) is 0 Å². The molecule has 6 heterocycles. The molecule has 256 valence electrons. The second kappa shape index (κ2) is 15.6. The number of hydrogen-bond donors (Lipinski definition) is 7. The number of piperidine rings is 3. The molecule has 6 fully saturated rings. The monoisotopic (exact) mass is 635 g/mol. The van der Waals surface area contributed by atoms with E-state index >= 15 is 0 Å². The molecule has 0 aromatic heterocycles. The molecule has 6 aliphatic heterocycles. The van der Waals surface area contributed by atoms with Crippen LogP contribution in [0.2, 0.25) is 0 Å². The summed E-state index contributed by atoms with van der Waals surface area (Å²) in [4.78, 5) is 31.6. The molecule has 7 N–H and O–H groups in total. The van der Waals surface area contributed by atoms with Gasteiger partial charge in [0.2, 0.25) is 11.8 Å². The van der Waals surface area contributed by atoms with Gasteiger partial charge < -0.3 is 29.7 Å². The molecule has 0 aliphatic carbocycles. The minimum atomic E-state index is -0.624. The number of carbonyl (C=O) groups excluding carboxylic acids is 2. The lowest BCUT2D eigenvalue weighted by atomic mass is 9.84. The Morgan fingerprint density at radius 3 is 2.62 bits per heavy atom. The molecule has 6 rings (SSSR count). The maximum Gasteiger partial charge on any atom is 0.237 e. The highest BCUT2D eigenvalue weighted by atomic mass is 16.6. The first-order valence-electron chi connectivity index (χ1n) is 17.5. The summed E-state index contributed by atoms with van der Waals surface area (Å²) in [7, 11) is 0. The first-order valence-corrected chi connectivity index (χ1v) is 17.5. The number of likely N-dealkylation sites (tertiary alicyclic amines) is 3. The Hall–Kier alpha value is -1.46. The average molecular weight is 636 g/mol. The van der Waals surface area contributed by atoms with Crippen molar-refractivity contribution < 1.29 is 24.2 Å². The van der Waals surface area contributed by atoms with Crippen molar-refractivity contribution >= 4 is 11.8 Å². The molecule has 0 aromatic carbocycles. The molecule has 6 aliphatic rings. The molecule has 0 spiro atoms. The third kappa shape index (κ3) is 8.92. The van der Waals surface area contributed by atoms with Crippen LogP contribution in [-0.4, -0.2) is 152 Å². The summed E-state index contributed by atoms with van der Waals surface area (Å²) in [6, 6.07) is 0.612. The lowest BCUT2D eigenvalue weighted by Gasteiger charge is -2.47. The van der Waals surface area contributed by atoms with Crippen LogP contribution in [0.15, 0.2) is 0 Å². The van der Waals surface area contributed by atoms with E-state index in [-0.39, 0.29) is 55.2 Å². The molecule has 45 heavy (non-hydrogen) atoms. The zero-order chi connectivity index (χ0) is 31.3. The lowest BCUT2D eigenvalue weighted by molar-refractivity contribution is -0.133. The van der Waals surface area contributed by atoms with Crippen molar-refractivity contribution in [1.82, 2.24) is 46.6 Å². The predicted molar refractivity (Wildman–Crippen MR) is 169 cm³/mol. The Bertz CT molecular complexity index is 983. The van der Waals surface area contributed by atoms with E-state index in [0.717, 1.165) is 58.3 Å². The topological polar surface area (TPSA) is 155 Å². The number of rotatable bonds is 11. The minimum Gasteiger partial charge on any atom is -0.390 e. The van der Waals surface area contributed by atoms with Crippen LogP contribution in [0.1, 0.15) is 58.8 Å². The summed E-state index contributed by atoms with van der Waals surface area (Å²) < 4.78 is 11.9. The molecule has 6 saturated heterocycles. The highest BCUT2D eigenvalue weighted by molar-refractivity contribution is 5.82. The fraction of sp³-hybridized carbons (Fsp3) is 0.935. The van der Waals surface area contributed by atoms with Crippen LogP contribution < -0.4 is 31.9 Å².